The second kappa shape index (κ2) is 10.7. The average Bonchev–Trinajstić information content (AvgIpc) is 2.78. The summed E-state index contributed by atoms with van der Waals surface area (Å²) in [6.45, 7) is 0. The molecule has 30 heavy (non-hydrogen) atoms. The Morgan fingerprint density at radius 3 is 1.67 bits per heavy atom. The van der Waals surface area contributed by atoms with Crippen LogP contribution in [0.4, 0.5) is 0 Å². The van der Waals surface area contributed by atoms with E-state index in [0.29, 0.717) is 0 Å². The first kappa shape index (κ1) is 22.5. The first-order chi connectivity index (χ1) is 14.4. The maximum absolute atomic E-state index is 12.7. The molecule has 0 aliphatic carbocycles. The van der Waals surface area contributed by atoms with Gasteiger partial charge in [-0.05, 0) is 38.4 Å². The van der Waals surface area contributed by atoms with Gasteiger partial charge in [0.2, 0.25) is 0 Å². The van der Waals surface area contributed by atoms with Gasteiger partial charge in [-0.2, -0.15) is 0 Å². The monoisotopic (exact) mass is 401 g/mol. The summed E-state index contributed by atoms with van der Waals surface area (Å²) in [5.74, 6) is 10.9. The van der Waals surface area contributed by atoms with Gasteiger partial charge in [-0.3, -0.25) is 4.90 Å². The van der Waals surface area contributed by atoms with Gasteiger partial charge in [-0.1, -0.05) is 60.1 Å². The normalized spacial score (nSPS) is 10.9. The van der Waals surface area contributed by atoms with E-state index in [-0.39, 0.29) is 5.57 Å². The lowest BCUT2D eigenvalue weighted by Crippen LogP contribution is -2.46. The Hall–Kier alpha value is -3.80. The Kier molecular flexibility index (Phi) is 7.99. The molecule has 5 heteroatoms. The van der Waals surface area contributed by atoms with Gasteiger partial charge in [0.15, 0.2) is 5.54 Å². The summed E-state index contributed by atoms with van der Waals surface area (Å²) in [6.07, 6.45) is 1.07. The van der Waals surface area contributed by atoms with Crippen molar-refractivity contribution in [3.8, 4) is 23.7 Å². The van der Waals surface area contributed by atoms with Crippen molar-refractivity contribution in [2.75, 3.05) is 28.3 Å². The molecule has 152 valence electrons. The van der Waals surface area contributed by atoms with Gasteiger partial charge in [0.1, 0.15) is 0 Å². The molecule has 0 amide bonds. The number of carbonyl (C=O) groups excluding carboxylic acids is 2. The molecule has 2 aromatic rings. The molecule has 2 aromatic carbocycles. The van der Waals surface area contributed by atoms with Crippen molar-refractivity contribution in [1.29, 1.82) is 0 Å². The van der Waals surface area contributed by atoms with Crippen LogP contribution >= 0.6 is 0 Å². The SMILES string of the molecule is COC(=O)/C=C(\C(=O)OC)C(C#Cc1ccccc1)(C#Cc1ccccc1)N(C)C. The van der Waals surface area contributed by atoms with Crippen molar-refractivity contribution in [1.82, 2.24) is 4.90 Å². The van der Waals surface area contributed by atoms with Crippen molar-refractivity contribution < 1.29 is 19.1 Å². The van der Waals surface area contributed by atoms with Crippen LogP contribution in [0.3, 0.4) is 0 Å². The Labute approximate surface area is 177 Å². The van der Waals surface area contributed by atoms with E-state index < -0.39 is 17.5 Å². The van der Waals surface area contributed by atoms with Crippen LogP contribution < -0.4 is 0 Å². The molecule has 2 rings (SSSR count). The van der Waals surface area contributed by atoms with Gasteiger partial charge in [-0.25, -0.2) is 9.59 Å². The van der Waals surface area contributed by atoms with E-state index in [1.807, 2.05) is 60.7 Å². The number of nitrogens with zero attached hydrogens (tertiary/aromatic N) is 1. The number of hydrogen-bond acceptors (Lipinski definition) is 5. The molecule has 0 spiro atoms. The summed E-state index contributed by atoms with van der Waals surface area (Å²) in [5.41, 5.74) is 0.0289. The molecule has 0 radical (unpaired) electrons. The van der Waals surface area contributed by atoms with Crippen LogP contribution in [-0.4, -0.2) is 50.7 Å². The Morgan fingerprint density at radius 1 is 0.833 bits per heavy atom. The Morgan fingerprint density at radius 2 is 1.30 bits per heavy atom. The zero-order valence-electron chi connectivity index (χ0n) is 17.4. The summed E-state index contributed by atoms with van der Waals surface area (Å²) >= 11 is 0. The molecule has 0 aromatic heterocycles. The predicted octanol–water partition coefficient (Wildman–Crippen LogP) is 2.66. The number of hydrogen-bond donors (Lipinski definition) is 0. The third kappa shape index (κ3) is 5.61. The van der Waals surface area contributed by atoms with E-state index >= 15 is 0 Å². The molecule has 0 aliphatic heterocycles. The van der Waals surface area contributed by atoms with E-state index in [2.05, 4.69) is 23.7 Å². The predicted molar refractivity (Wildman–Crippen MR) is 115 cm³/mol. The minimum absolute atomic E-state index is 0.0336. The van der Waals surface area contributed by atoms with E-state index in [0.717, 1.165) is 17.2 Å². The molecule has 0 heterocycles. The van der Waals surface area contributed by atoms with Gasteiger partial charge in [0.25, 0.3) is 0 Å². The van der Waals surface area contributed by atoms with Crippen LogP contribution in [0.15, 0.2) is 72.3 Å². The summed E-state index contributed by atoms with van der Waals surface area (Å²) in [7, 11) is 5.93. The first-order valence-corrected chi connectivity index (χ1v) is 9.15. The maximum Gasteiger partial charge on any atom is 0.337 e. The molecule has 5 nitrogen and oxygen atoms in total. The van der Waals surface area contributed by atoms with E-state index in [4.69, 9.17) is 9.47 Å². The van der Waals surface area contributed by atoms with E-state index in [1.54, 1.807) is 19.0 Å². The highest BCUT2D eigenvalue weighted by atomic mass is 16.5. The number of likely N-dealkylation sites (N-methyl/N-ethyl adjacent to an activating group) is 1. The van der Waals surface area contributed by atoms with Crippen LogP contribution in [0, 0.1) is 23.7 Å². The summed E-state index contributed by atoms with van der Waals surface area (Å²) in [5, 5.41) is 0. The number of carbonyl (C=O) groups is 2. The van der Waals surface area contributed by atoms with Crippen molar-refractivity contribution in [3.63, 3.8) is 0 Å². The smallest absolute Gasteiger partial charge is 0.337 e. The fourth-order valence-corrected chi connectivity index (χ4v) is 2.60. The molecule has 0 N–H and O–H groups in total. The second-order valence-corrected chi connectivity index (χ2v) is 6.41. The number of ether oxygens (including phenoxy) is 2. The van der Waals surface area contributed by atoms with Gasteiger partial charge < -0.3 is 9.47 Å². The topological polar surface area (TPSA) is 55.8 Å². The largest absolute Gasteiger partial charge is 0.466 e. The second-order valence-electron chi connectivity index (χ2n) is 6.41. The van der Waals surface area contributed by atoms with Gasteiger partial charge in [-0.15, -0.1) is 0 Å². The third-order valence-corrected chi connectivity index (χ3v) is 4.25. The first-order valence-electron chi connectivity index (χ1n) is 9.15. The summed E-state index contributed by atoms with van der Waals surface area (Å²) in [4.78, 5) is 26.4. The van der Waals surface area contributed by atoms with Crippen molar-refractivity contribution in [2.24, 2.45) is 0 Å². The molecule has 0 atom stereocenters. The zero-order valence-corrected chi connectivity index (χ0v) is 17.4. The van der Waals surface area contributed by atoms with Crippen molar-refractivity contribution in [3.05, 3.63) is 83.4 Å². The van der Waals surface area contributed by atoms with E-state index in [1.165, 1.54) is 14.2 Å². The van der Waals surface area contributed by atoms with Crippen LogP contribution in [0.25, 0.3) is 0 Å². The highest BCUT2D eigenvalue weighted by molar-refractivity contribution is 6.00. The Bertz CT molecular complexity index is 975. The minimum atomic E-state index is -1.42. The average molecular weight is 401 g/mol. The fourth-order valence-electron chi connectivity index (χ4n) is 2.60. The minimum Gasteiger partial charge on any atom is -0.466 e. The van der Waals surface area contributed by atoms with Crippen LogP contribution in [-0.2, 0) is 19.1 Å². The standard InChI is InChI=1S/C25H23NO4/c1-26(2)25(17-15-20-11-7-5-8-12-20,18-16-21-13-9-6-10-14-21)22(24(28)30-4)19-23(27)29-3/h5-14,19H,1-4H3/b22-19+. The molecular weight excluding hydrogens is 378 g/mol. The third-order valence-electron chi connectivity index (χ3n) is 4.25. The lowest BCUT2D eigenvalue weighted by Gasteiger charge is -2.31. The van der Waals surface area contributed by atoms with Crippen LogP contribution in [0.1, 0.15) is 11.1 Å². The number of rotatable bonds is 4. The van der Waals surface area contributed by atoms with Gasteiger partial charge >= 0.3 is 11.9 Å². The molecule has 0 aliphatic rings. The summed E-state index contributed by atoms with van der Waals surface area (Å²) < 4.78 is 9.68. The van der Waals surface area contributed by atoms with E-state index in [9.17, 15) is 9.59 Å². The number of esters is 2. The molecule has 0 unspecified atom stereocenters. The maximum atomic E-state index is 12.7. The quantitative estimate of drug-likeness (QED) is 0.448. The fraction of sp³-hybridized carbons (Fsp3) is 0.200. The molecule has 0 saturated carbocycles. The van der Waals surface area contributed by atoms with Gasteiger partial charge in [0.05, 0.1) is 19.8 Å². The Balaban J connectivity index is 2.78. The number of methoxy groups -OCH3 is 2. The molecule has 0 fully saturated rings. The van der Waals surface area contributed by atoms with Crippen molar-refractivity contribution >= 4 is 11.9 Å². The molecule has 0 saturated heterocycles. The molecular formula is C25H23NO4. The summed E-state index contributed by atoms with van der Waals surface area (Å²) in [6, 6.07) is 18.6. The highest BCUT2D eigenvalue weighted by Gasteiger charge is 2.39. The zero-order chi connectivity index (χ0) is 22.0. The molecule has 0 bridgehead atoms. The lowest BCUT2D eigenvalue weighted by atomic mass is 9.87. The van der Waals surface area contributed by atoms with Crippen LogP contribution in [0.2, 0.25) is 0 Å². The van der Waals surface area contributed by atoms with Crippen LogP contribution in [0.5, 0.6) is 0 Å². The van der Waals surface area contributed by atoms with Gasteiger partial charge in [0, 0.05) is 17.2 Å². The number of benzene rings is 2. The highest BCUT2D eigenvalue weighted by Crippen LogP contribution is 2.24. The van der Waals surface area contributed by atoms with Crippen molar-refractivity contribution in [2.45, 2.75) is 5.54 Å². The lowest BCUT2D eigenvalue weighted by molar-refractivity contribution is -0.139.